The molecule has 0 aliphatic rings. The van der Waals surface area contributed by atoms with Crippen LogP contribution in [0.25, 0.3) is 0 Å². The number of hydrogen-bond acceptors (Lipinski definition) is 4. The van der Waals surface area contributed by atoms with Crippen molar-refractivity contribution in [3.05, 3.63) is 42.5 Å². The maximum atomic E-state index is 11.6. The lowest BCUT2D eigenvalue weighted by atomic mass is 10.3. The number of nitrogens with one attached hydrogen (secondary N) is 3. The highest BCUT2D eigenvalue weighted by Crippen LogP contribution is 2.03. The Morgan fingerprint density at radius 3 is 2.84 bits per heavy atom. The van der Waals surface area contributed by atoms with Crippen LogP contribution in [0.3, 0.4) is 0 Å². The Morgan fingerprint density at radius 1 is 1.26 bits per heavy atom. The number of anilines is 1. The van der Waals surface area contributed by atoms with E-state index in [1.165, 1.54) is 6.33 Å². The number of H-pyrrole nitrogens is 1. The topological polar surface area (TPSA) is 82.7 Å². The molecule has 0 spiro atoms. The highest BCUT2D eigenvalue weighted by atomic mass is 16.1. The normalized spacial score (nSPS) is 10.1. The number of benzene rings is 1. The van der Waals surface area contributed by atoms with Gasteiger partial charge in [0, 0.05) is 18.7 Å². The van der Waals surface area contributed by atoms with Gasteiger partial charge >= 0.3 is 0 Å². The zero-order chi connectivity index (χ0) is 13.3. The van der Waals surface area contributed by atoms with E-state index in [2.05, 4.69) is 25.8 Å². The van der Waals surface area contributed by atoms with Crippen LogP contribution in [0, 0.1) is 0 Å². The zero-order valence-electron chi connectivity index (χ0n) is 10.6. The van der Waals surface area contributed by atoms with Crippen molar-refractivity contribution in [3.63, 3.8) is 0 Å². The van der Waals surface area contributed by atoms with Crippen molar-refractivity contribution in [3.8, 4) is 0 Å². The molecule has 0 aliphatic heterocycles. The molecule has 0 atom stereocenters. The fraction of sp³-hybridized carbons (Fsp3) is 0.308. The van der Waals surface area contributed by atoms with Crippen LogP contribution in [0.15, 0.2) is 36.7 Å². The minimum absolute atomic E-state index is 0.0126. The summed E-state index contributed by atoms with van der Waals surface area (Å²) in [5.41, 5.74) is 0.944. The molecule has 1 amide bonds. The van der Waals surface area contributed by atoms with Gasteiger partial charge < -0.3 is 10.6 Å². The van der Waals surface area contributed by atoms with E-state index in [0.717, 1.165) is 24.4 Å². The molecule has 2 rings (SSSR count). The van der Waals surface area contributed by atoms with E-state index in [1.54, 1.807) is 0 Å². The Morgan fingerprint density at radius 2 is 2.11 bits per heavy atom. The van der Waals surface area contributed by atoms with Crippen molar-refractivity contribution in [2.45, 2.75) is 12.8 Å². The average molecular weight is 259 g/mol. The lowest BCUT2D eigenvalue weighted by molar-refractivity contribution is -0.119. The van der Waals surface area contributed by atoms with Gasteiger partial charge in [-0.2, -0.15) is 5.10 Å². The maximum absolute atomic E-state index is 11.6. The number of nitrogens with zero attached hydrogens (tertiary/aromatic N) is 2. The summed E-state index contributed by atoms with van der Waals surface area (Å²) in [4.78, 5) is 15.6. The molecule has 0 unspecified atom stereocenters. The fourth-order valence-electron chi connectivity index (χ4n) is 1.64. The van der Waals surface area contributed by atoms with E-state index in [-0.39, 0.29) is 12.5 Å². The monoisotopic (exact) mass is 259 g/mol. The number of aromatic nitrogens is 3. The first kappa shape index (κ1) is 13.1. The van der Waals surface area contributed by atoms with Crippen LogP contribution in [-0.2, 0) is 11.2 Å². The second-order valence-corrected chi connectivity index (χ2v) is 4.11. The summed E-state index contributed by atoms with van der Waals surface area (Å²) in [6.45, 7) is 0.919. The Bertz CT molecular complexity index is 483. The number of aryl methyl sites for hydroxylation is 1. The zero-order valence-corrected chi connectivity index (χ0v) is 10.6. The number of carbonyl (C=O) groups excluding carboxylic acids is 1. The summed E-state index contributed by atoms with van der Waals surface area (Å²) in [5.74, 6) is 0.832. The third-order valence-corrected chi connectivity index (χ3v) is 2.60. The predicted octanol–water partition coefficient (Wildman–Crippen LogP) is 0.966. The molecule has 0 fully saturated rings. The van der Waals surface area contributed by atoms with Gasteiger partial charge in [0.1, 0.15) is 12.2 Å². The molecule has 1 heterocycles. The molecule has 1 aromatic heterocycles. The maximum Gasteiger partial charge on any atom is 0.239 e. The van der Waals surface area contributed by atoms with Crippen LogP contribution >= 0.6 is 0 Å². The Labute approximate surface area is 111 Å². The first-order chi connectivity index (χ1) is 9.34. The van der Waals surface area contributed by atoms with Crippen molar-refractivity contribution in [2.24, 2.45) is 0 Å². The lowest BCUT2D eigenvalue weighted by Gasteiger charge is -2.07. The molecule has 0 saturated heterocycles. The first-order valence-electron chi connectivity index (χ1n) is 6.24. The number of carbonyl (C=O) groups is 1. The summed E-state index contributed by atoms with van der Waals surface area (Å²) in [5, 5.41) is 12.5. The van der Waals surface area contributed by atoms with Crippen molar-refractivity contribution < 1.29 is 4.79 Å². The minimum Gasteiger partial charge on any atom is -0.376 e. The van der Waals surface area contributed by atoms with Gasteiger partial charge in [0.25, 0.3) is 0 Å². The summed E-state index contributed by atoms with van der Waals surface area (Å²) < 4.78 is 0. The number of hydrogen-bond donors (Lipinski definition) is 3. The van der Waals surface area contributed by atoms with Gasteiger partial charge in [-0.25, -0.2) is 4.98 Å². The quantitative estimate of drug-likeness (QED) is 0.647. The van der Waals surface area contributed by atoms with Crippen molar-refractivity contribution in [2.75, 3.05) is 18.4 Å². The van der Waals surface area contributed by atoms with Crippen LogP contribution < -0.4 is 10.6 Å². The van der Waals surface area contributed by atoms with Crippen molar-refractivity contribution >= 4 is 11.6 Å². The van der Waals surface area contributed by atoms with Crippen LogP contribution in [0.5, 0.6) is 0 Å². The fourth-order valence-corrected chi connectivity index (χ4v) is 1.64. The van der Waals surface area contributed by atoms with E-state index in [4.69, 9.17) is 0 Å². The minimum atomic E-state index is -0.0126. The van der Waals surface area contributed by atoms with Gasteiger partial charge in [-0.1, -0.05) is 18.2 Å². The highest BCUT2D eigenvalue weighted by Gasteiger charge is 2.01. The summed E-state index contributed by atoms with van der Waals surface area (Å²) in [6, 6.07) is 9.65. The number of amides is 1. The number of aromatic amines is 1. The Kier molecular flexibility index (Phi) is 4.92. The van der Waals surface area contributed by atoms with Gasteiger partial charge in [-0.3, -0.25) is 9.89 Å². The smallest absolute Gasteiger partial charge is 0.239 e. The van der Waals surface area contributed by atoms with Crippen LogP contribution in [0.2, 0.25) is 0 Å². The second-order valence-electron chi connectivity index (χ2n) is 4.11. The van der Waals surface area contributed by atoms with Gasteiger partial charge in [0.05, 0.1) is 6.54 Å². The largest absolute Gasteiger partial charge is 0.376 e. The standard InChI is InChI=1S/C13H17N5O/c19-13(9-15-11-5-2-1-3-6-11)14-8-4-7-12-16-10-17-18-12/h1-3,5-6,10,15H,4,7-9H2,(H,14,19)(H,16,17,18). The number of para-hydroxylation sites is 1. The predicted molar refractivity (Wildman–Crippen MR) is 72.6 cm³/mol. The molecule has 3 N–H and O–H groups in total. The van der Waals surface area contributed by atoms with Crippen LogP contribution in [0.1, 0.15) is 12.2 Å². The molecule has 0 bridgehead atoms. The Hall–Kier alpha value is -2.37. The molecular formula is C13H17N5O. The first-order valence-corrected chi connectivity index (χ1v) is 6.24. The van der Waals surface area contributed by atoms with E-state index >= 15 is 0 Å². The van der Waals surface area contributed by atoms with E-state index in [0.29, 0.717) is 6.54 Å². The summed E-state index contributed by atoms with van der Waals surface area (Å²) in [7, 11) is 0. The molecule has 6 heteroatoms. The van der Waals surface area contributed by atoms with Crippen LogP contribution in [0.4, 0.5) is 5.69 Å². The molecule has 1 aromatic carbocycles. The van der Waals surface area contributed by atoms with Crippen molar-refractivity contribution in [1.82, 2.24) is 20.5 Å². The second kappa shape index (κ2) is 7.15. The number of rotatable bonds is 7. The highest BCUT2D eigenvalue weighted by molar-refractivity contribution is 5.80. The lowest BCUT2D eigenvalue weighted by Crippen LogP contribution is -2.30. The Balaban J connectivity index is 1.57. The van der Waals surface area contributed by atoms with E-state index in [9.17, 15) is 4.79 Å². The van der Waals surface area contributed by atoms with Gasteiger partial charge in [0.15, 0.2) is 0 Å². The van der Waals surface area contributed by atoms with E-state index in [1.807, 2.05) is 30.3 Å². The van der Waals surface area contributed by atoms with Gasteiger partial charge in [-0.05, 0) is 18.6 Å². The SMILES string of the molecule is O=C(CNc1ccccc1)NCCCc1ncn[nH]1. The van der Waals surface area contributed by atoms with Crippen molar-refractivity contribution in [1.29, 1.82) is 0 Å². The third-order valence-electron chi connectivity index (χ3n) is 2.60. The van der Waals surface area contributed by atoms with Gasteiger partial charge in [-0.15, -0.1) is 0 Å². The summed E-state index contributed by atoms with van der Waals surface area (Å²) >= 11 is 0. The van der Waals surface area contributed by atoms with Crippen LogP contribution in [-0.4, -0.2) is 34.2 Å². The summed E-state index contributed by atoms with van der Waals surface area (Å²) in [6.07, 6.45) is 3.11. The molecule has 0 radical (unpaired) electrons. The molecule has 6 nitrogen and oxygen atoms in total. The third kappa shape index (κ3) is 4.79. The molecule has 0 saturated carbocycles. The molecule has 0 aliphatic carbocycles. The van der Waals surface area contributed by atoms with Gasteiger partial charge in [0.2, 0.25) is 5.91 Å². The average Bonchev–Trinajstić information content (AvgIpc) is 2.96. The molecule has 19 heavy (non-hydrogen) atoms. The molecule has 100 valence electrons. The molecule has 2 aromatic rings. The van der Waals surface area contributed by atoms with E-state index < -0.39 is 0 Å². The molecular weight excluding hydrogens is 242 g/mol.